The first-order chi connectivity index (χ1) is 9.89. The number of hydrogen-bond donors (Lipinski definition) is 3. The van der Waals surface area contributed by atoms with E-state index < -0.39 is 21.5 Å². The highest BCUT2D eigenvalue weighted by Gasteiger charge is 2.40. The van der Waals surface area contributed by atoms with Crippen molar-refractivity contribution in [1.29, 1.82) is 0 Å². The quantitative estimate of drug-likeness (QED) is 0.737. The number of carboxylic acid groups (broad SMARTS) is 1. The number of sulfonamides is 1. The molecule has 0 saturated carbocycles. The zero-order chi connectivity index (χ0) is 15.5. The molecule has 1 aromatic carbocycles. The Bertz CT molecular complexity index is 606. The minimum absolute atomic E-state index is 0.131. The monoisotopic (exact) mass is 314 g/mol. The maximum atomic E-state index is 11.6. The van der Waals surface area contributed by atoms with Gasteiger partial charge >= 0.3 is 5.97 Å². The average molecular weight is 314 g/mol. The number of anilines is 1. The van der Waals surface area contributed by atoms with Gasteiger partial charge in [0.1, 0.15) is 5.54 Å². The van der Waals surface area contributed by atoms with Crippen LogP contribution in [0.2, 0.25) is 0 Å². The molecule has 3 N–H and O–H groups in total. The minimum Gasteiger partial charge on any atom is -0.480 e. The Balaban J connectivity index is 2.21. The summed E-state index contributed by atoms with van der Waals surface area (Å²) in [6, 6.07) is 5.99. The lowest BCUT2D eigenvalue weighted by molar-refractivity contribution is -0.145. The molecular weight excluding hydrogens is 296 g/mol. The topological polar surface area (TPSA) is 105 Å². The van der Waals surface area contributed by atoms with Gasteiger partial charge < -0.3 is 15.2 Å². The summed E-state index contributed by atoms with van der Waals surface area (Å²) in [4.78, 5) is 11.7. The van der Waals surface area contributed by atoms with E-state index in [-0.39, 0.29) is 4.90 Å². The smallest absolute Gasteiger partial charge is 0.329 e. The summed E-state index contributed by atoms with van der Waals surface area (Å²) < 4.78 is 30.7. The van der Waals surface area contributed by atoms with Gasteiger partial charge in [-0.1, -0.05) is 0 Å². The third-order valence-electron chi connectivity index (χ3n) is 3.57. The van der Waals surface area contributed by atoms with Gasteiger partial charge in [0, 0.05) is 31.7 Å². The number of rotatable bonds is 5. The molecule has 21 heavy (non-hydrogen) atoms. The average Bonchev–Trinajstić information content (AvgIpc) is 2.48. The minimum atomic E-state index is -3.49. The van der Waals surface area contributed by atoms with Gasteiger partial charge in [-0.05, 0) is 31.3 Å². The fraction of sp³-hybridized carbons (Fsp3) is 0.462. The Morgan fingerprint density at radius 3 is 2.29 bits per heavy atom. The van der Waals surface area contributed by atoms with Crippen molar-refractivity contribution in [3.8, 4) is 0 Å². The van der Waals surface area contributed by atoms with Crippen LogP contribution >= 0.6 is 0 Å². The van der Waals surface area contributed by atoms with Crippen LogP contribution in [-0.2, 0) is 19.6 Å². The van der Waals surface area contributed by atoms with E-state index in [2.05, 4.69) is 10.0 Å². The normalized spacial score (nSPS) is 18.1. The Kier molecular flexibility index (Phi) is 4.50. The molecule has 0 radical (unpaired) electrons. The zero-order valence-corrected chi connectivity index (χ0v) is 12.4. The molecule has 0 unspecified atom stereocenters. The number of hydrogen-bond acceptors (Lipinski definition) is 5. The molecule has 0 bridgehead atoms. The molecule has 2 rings (SSSR count). The van der Waals surface area contributed by atoms with Crippen LogP contribution in [0.4, 0.5) is 5.69 Å². The van der Waals surface area contributed by atoms with E-state index in [4.69, 9.17) is 4.74 Å². The van der Waals surface area contributed by atoms with Gasteiger partial charge in [-0.15, -0.1) is 0 Å². The van der Waals surface area contributed by atoms with Crippen LogP contribution in [-0.4, -0.2) is 45.3 Å². The van der Waals surface area contributed by atoms with Crippen molar-refractivity contribution in [3.05, 3.63) is 24.3 Å². The van der Waals surface area contributed by atoms with E-state index in [1.165, 1.54) is 19.2 Å². The van der Waals surface area contributed by atoms with E-state index in [1.807, 2.05) is 0 Å². The van der Waals surface area contributed by atoms with Gasteiger partial charge in [0.25, 0.3) is 0 Å². The summed E-state index contributed by atoms with van der Waals surface area (Å²) in [5, 5.41) is 12.4. The van der Waals surface area contributed by atoms with Crippen LogP contribution in [0.1, 0.15) is 12.8 Å². The predicted molar refractivity (Wildman–Crippen MR) is 76.7 cm³/mol. The summed E-state index contributed by atoms with van der Waals surface area (Å²) in [5.41, 5.74) is -0.504. The standard InChI is InChI=1S/C13H18N2O5S/c1-14-21(18,19)11-4-2-10(3-5-11)15-13(12(16)17)6-8-20-9-7-13/h2-5,14-15H,6-9H2,1H3,(H,16,17). The molecule has 8 heteroatoms. The van der Waals surface area contributed by atoms with Crippen LogP contribution in [0.5, 0.6) is 0 Å². The fourth-order valence-corrected chi connectivity index (χ4v) is 2.95. The summed E-state index contributed by atoms with van der Waals surface area (Å²) in [5.74, 6) is -0.933. The van der Waals surface area contributed by atoms with Gasteiger partial charge in [0.05, 0.1) is 4.90 Å². The maximum absolute atomic E-state index is 11.6. The van der Waals surface area contributed by atoms with E-state index in [9.17, 15) is 18.3 Å². The van der Waals surface area contributed by atoms with Crippen LogP contribution in [0.25, 0.3) is 0 Å². The van der Waals surface area contributed by atoms with Gasteiger partial charge in [-0.2, -0.15) is 0 Å². The molecule has 0 atom stereocenters. The zero-order valence-electron chi connectivity index (χ0n) is 11.6. The third kappa shape index (κ3) is 3.34. The maximum Gasteiger partial charge on any atom is 0.329 e. The Morgan fingerprint density at radius 1 is 1.24 bits per heavy atom. The van der Waals surface area contributed by atoms with Crippen molar-refractivity contribution < 1.29 is 23.1 Å². The number of nitrogens with one attached hydrogen (secondary N) is 2. The van der Waals surface area contributed by atoms with E-state index in [0.717, 1.165) is 0 Å². The van der Waals surface area contributed by atoms with E-state index >= 15 is 0 Å². The highest BCUT2D eigenvalue weighted by molar-refractivity contribution is 7.89. The SMILES string of the molecule is CNS(=O)(=O)c1ccc(NC2(C(=O)O)CCOCC2)cc1. The van der Waals surface area contributed by atoms with Crippen LogP contribution in [0.3, 0.4) is 0 Å². The molecule has 0 aliphatic carbocycles. The second-order valence-electron chi connectivity index (χ2n) is 4.86. The molecule has 0 amide bonds. The second kappa shape index (κ2) is 6.00. The van der Waals surface area contributed by atoms with Crippen molar-refractivity contribution in [2.24, 2.45) is 0 Å². The van der Waals surface area contributed by atoms with Crippen molar-refractivity contribution >= 4 is 21.7 Å². The molecule has 116 valence electrons. The number of aliphatic carboxylic acids is 1. The molecule has 0 spiro atoms. The van der Waals surface area contributed by atoms with Crippen LogP contribution in [0.15, 0.2) is 29.2 Å². The molecule has 0 aromatic heterocycles. The van der Waals surface area contributed by atoms with Crippen LogP contribution < -0.4 is 10.0 Å². The van der Waals surface area contributed by atoms with Gasteiger partial charge in [-0.25, -0.2) is 17.9 Å². The molecule has 1 fully saturated rings. The number of carbonyl (C=O) groups is 1. The molecule has 1 heterocycles. The van der Waals surface area contributed by atoms with Crippen molar-refractivity contribution in [2.45, 2.75) is 23.3 Å². The van der Waals surface area contributed by atoms with Gasteiger partial charge in [-0.3, -0.25) is 0 Å². The fourth-order valence-electron chi connectivity index (χ4n) is 2.22. The molecule has 1 aliphatic rings. The summed E-state index contributed by atoms with van der Waals surface area (Å²) >= 11 is 0. The van der Waals surface area contributed by atoms with Gasteiger partial charge in [0.2, 0.25) is 10.0 Å². The summed E-state index contributed by atoms with van der Waals surface area (Å²) in [6.45, 7) is 0.761. The number of benzene rings is 1. The Hall–Kier alpha value is -1.64. The molecular formula is C13H18N2O5S. The lowest BCUT2D eigenvalue weighted by atomic mass is 9.90. The third-order valence-corrected chi connectivity index (χ3v) is 5.00. The predicted octanol–water partition coefficient (Wildman–Crippen LogP) is 0.640. The highest BCUT2D eigenvalue weighted by Crippen LogP contribution is 2.27. The van der Waals surface area contributed by atoms with Crippen LogP contribution in [0, 0.1) is 0 Å². The van der Waals surface area contributed by atoms with E-state index in [1.54, 1.807) is 12.1 Å². The molecule has 1 saturated heterocycles. The first kappa shape index (κ1) is 15.7. The first-order valence-electron chi connectivity index (χ1n) is 6.53. The lowest BCUT2D eigenvalue weighted by Crippen LogP contribution is -2.50. The second-order valence-corrected chi connectivity index (χ2v) is 6.74. The Morgan fingerprint density at radius 2 is 1.81 bits per heavy atom. The Labute approximate surface area is 123 Å². The largest absolute Gasteiger partial charge is 0.480 e. The lowest BCUT2D eigenvalue weighted by Gasteiger charge is -2.34. The highest BCUT2D eigenvalue weighted by atomic mass is 32.2. The van der Waals surface area contributed by atoms with Gasteiger partial charge in [0.15, 0.2) is 0 Å². The summed E-state index contributed by atoms with van der Waals surface area (Å²) in [6.07, 6.45) is 0.720. The molecule has 1 aromatic rings. The number of carboxylic acids is 1. The van der Waals surface area contributed by atoms with Crippen molar-refractivity contribution in [2.75, 3.05) is 25.6 Å². The first-order valence-corrected chi connectivity index (χ1v) is 8.01. The van der Waals surface area contributed by atoms with E-state index in [0.29, 0.717) is 31.7 Å². The van der Waals surface area contributed by atoms with Crippen molar-refractivity contribution in [1.82, 2.24) is 4.72 Å². The summed E-state index contributed by atoms with van der Waals surface area (Å²) in [7, 11) is -2.16. The number of ether oxygens (including phenoxy) is 1. The molecule has 1 aliphatic heterocycles. The van der Waals surface area contributed by atoms with Crippen molar-refractivity contribution in [3.63, 3.8) is 0 Å². The molecule has 7 nitrogen and oxygen atoms in total.